The van der Waals surface area contributed by atoms with Gasteiger partial charge < -0.3 is 11.1 Å². The van der Waals surface area contributed by atoms with E-state index >= 15 is 0 Å². The third-order valence-electron chi connectivity index (χ3n) is 2.73. The molecule has 0 fully saturated rings. The summed E-state index contributed by atoms with van der Waals surface area (Å²) in [5.41, 5.74) is 6.60. The summed E-state index contributed by atoms with van der Waals surface area (Å²) < 4.78 is 13.3. The lowest BCUT2D eigenvalue weighted by Crippen LogP contribution is -2.07. The van der Waals surface area contributed by atoms with E-state index in [1.807, 2.05) is 0 Å². The lowest BCUT2D eigenvalue weighted by atomic mass is 10.0. The van der Waals surface area contributed by atoms with Crippen molar-refractivity contribution in [2.75, 3.05) is 11.1 Å². The van der Waals surface area contributed by atoms with Crippen molar-refractivity contribution in [1.82, 2.24) is 0 Å². The smallest absolute Gasteiger partial charge is 0.221 e. The van der Waals surface area contributed by atoms with Gasteiger partial charge in [-0.2, -0.15) is 0 Å². The van der Waals surface area contributed by atoms with Crippen LogP contribution < -0.4 is 11.1 Å². The van der Waals surface area contributed by atoms with E-state index in [0.717, 1.165) is 6.07 Å². The van der Waals surface area contributed by atoms with Crippen LogP contribution in [-0.4, -0.2) is 11.7 Å². The Hall–Kier alpha value is -2.69. The molecule has 1 amide bonds. The Morgan fingerprint density at radius 3 is 2.20 bits per heavy atom. The summed E-state index contributed by atoms with van der Waals surface area (Å²) in [6.07, 6.45) is 0. The highest BCUT2D eigenvalue weighted by atomic mass is 19.1. The lowest BCUT2D eigenvalue weighted by molar-refractivity contribution is -0.114. The second kappa shape index (κ2) is 5.52. The molecule has 0 aliphatic heterocycles. The second-order valence-electron chi connectivity index (χ2n) is 4.32. The van der Waals surface area contributed by atoms with Gasteiger partial charge in [0.2, 0.25) is 5.91 Å². The highest BCUT2D eigenvalue weighted by molar-refractivity contribution is 6.09. The van der Waals surface area contributed by atoms with Crippen LogP contribution in [0.2, 0.25) is 0 Å². The average Bonchev–Trinajstić information content (AvgIpc) is 2.41. The van der Waals surface area contributed by atoms with Crippen LogP contribution in [0.3, 0.4) is 0 Å². The van der Waals surface area contributed by atoms with Gasteiger partial charge in [-0.15, -0.1) is 0 Å². The van der Waals surface area contributed by atoms with Crippen molar-refractivity contribution in [1.29, 1.82) is 0 Å². The van der Waals surface area contributed by atoms with Crippen LogP contribution in [0.1, 0.15) is 22.8 Å². The van der Waals surface area contributed by atoms with Crippen LogP contribution in [0.5, 0.6) is 0 Å². The molecular weight excluding hydrogens is 259 g/mol. The average molecular weight is 272 g/mol. The normalized spacial score (nSPS) is 10.1. The van der Waals surface area contributed by atoms with Crippen molar-refractivity contribution in [2.24, 2.45) is 0 Å². The third-order valence-corrected chi connectivity index (χ3v) is 2.73. The van der Waals surface area contributed by atoms with Gasteiger partial charge in [-0.3, -0.25) is 9.59 Å². The summed E-state index contributed by atoms with van der Waals surface area (Å²) in [5, 5.41) is 2.60. The number of hydrogen-bond acceptors (Lipinski definition) is 3. The monoisotopic (exact) mass is 272 g/mol. The number of amides is 1. The largest absolute Gasteiger partial charge is 0.396 e. The van der Waals surface area contributed by atoms with Gasteiger partial charge in [0.1, 0.15) is 5.82 Å². The molecule has 0 bridgehead atoms. The first-order chi connectivity index (χ1) is 9.47. The molecule has 0 aromatic heterocycles. The summed E-state index contributed by atoms with van der Waals surface area (Å²) in [6, 6.07) is 10.3. The van der Waals surface area contributed by atoms with Crippen LogP contribution in [0.4, 0.5) is 15.8 Å². The molecule has 0 spiro atoms. The van der Waals surface area contributed by atoms with Gasteiger partial charge in [0.05, 0.1) is 5.69 Å². The van der Waals surface area contributed by atoms with Gasteiger partial charge in [-0.1, -0.05) is 0 Å². The molecule has 4 nitrogen and oxygen atoms in total. The van der Waals surface area contributed by atoms with Crippen LogP contribution in [0.25, 0.3) is 0 Å². The van der Waals surface area contributed by atoms with Crippen molar-refractivity contribution in [2.45, 2.75) is 6.92 Å². The third kappa shape index (κ3) is 3.00. The summed E-state index contributed by atoms with van der Waals surface area (Å²) in [6.45, 7) is 1.40. The molecule has 2 aromatic carbocycles. The topological polar surface area (TPSA) is 72.2 Å². The Labute approximate surface area is 115 Å². The maximum Gasteiger partial charge on any atom is 0.221 e. The summed E-state index contributed by atoms with van der Waals surface area (Å²) in [7, 11) is 0. The van der Waals surface area contributed by atoms with Gasteiger partial charge in [-0.25, -0.2) is 4.39 Å². The highest BCUT2D eigenvalue weighted by Gasteiger charge is 2.11. The Balaban J connectivity index is 2.24. The number of hydrogen-bond donors (Lipinski definition) is 2. The van der Waals surface area contributed by atoms with E-state index in [4.69, 9.17) is 5.73 Å². The molecule has 2 aromatic rings. The number of rotatable bonds is 3. The molecule has 0 unspecified atom stereocenters. The van der Waals surface area contributed by atoms with Crippen molar-refractivity contribution >= 4 is 23.1 Å². The number of anilines is 2. The fourth-order valence-corrected chi connectivity index (χ4v) is 1.74. The van der Waals surface area contributed by atoms with Gasteiger partial charge >= 0.3 is 0 Å². The van der Waals surface area contributed by atoms with E-state index in [2.05, 4.69) is 5.32 Å². The summed E-state index contributed by atoms with van der Waals surface area (Å²) in [4.78, 5) is 23.0. The van der Waals surface area contributed by atoms with E-state index in [-0.39, 0.29) is 22.9 Å². The molecule has 3 N–H and O–H groups in total. The minimum atomic E-state index is -0.620. The first-order valence-corrected chi connectivity index (χ1v) is 5.95. The van der Waals surface area contributed by atoms with Crippen LogP contribution in [0, 0.1) is 5.82 Å². The van der Waals surface area contributed by atoms with Gasteiger partial charge in [-0.05, 0) is 42.5 Å². The predicted molar refractivity (Wildman–Crippen MR) is 75.0 cm³/mol. The standard InChI is InChI=1S/C15H13FN2O2/c1-9(19)18-12-5-2-10(3-6-12)15(20)11-4-7-14(17)13(16)8-11/h2-8H,17H2,1H3,(H,18,19). The summed E-state index contributed by atoms with van der Waals surface area (Å²) >= 11 is 0. The van der Waals surface area contributed by atoms with Crippen molar-refractivity contribution in [3.63, 3.8) is 0 Å². The fraction of sp³-hybridized carbons (Fsp3) is 0.0667. The van der Waals surface area contributed by atoms with E-state index in [9.17, 15) is 14.0 Å². The zero-order valence-electron chi connectivity index (χ0n) is 10.8. The first-order valence-electron chi connectivity index (χ1n) is 5.95. The fourth-order valence-electron chi connectivity index (χ4n) is 1.74. The van der Waals surface area contributed by atoms with Crippen molar-refractivity contribution in [3.8, 4) is 0 Å². The van der Waals surface area contributed by atoms with Gasteiger partial charge in [0.25, 0.3) is 0 Å². The Morgan fingerprint density at radius 1 is 1.05 bits per heavy atom. The lowest BCUT2D eigenvalue weighted by Gasteiger charge is -2.05. The zero-order valence-corrected chi connectivity index (χ0v) is 10.8. The van der Waals surface area contributed by atoms with Crippen LogP contribution in [0.15, 0.2) is 42.5 Å². The maximum absolute atomic E-state index is 13.3. The quantitative estimate of drug-likeness (QED) is 0.666. The summed E-state index contributed by atoms with van der Waals surface area (Å²) in [5.74, 6) is -1.12. The Bertz CT molecular complexity index is 666. The zero-order chi connectivity index (χ0) is 14.7. The molecule has 0 aliphatic carbocycles. The van der Waals surface area contributed by atoms with Crippen molar-refractivity contribution < 1.29 is 14.0 Å². The predicted octanol–water partition coefficient (Wildman–Crippen LogP) is 2.60. The molecule has 0 radical (unpaired) electrons. The van der Waals surface area contributed by atoms with Crippen molar-refractivity contribution in [3.05, 3.63) is 59.4 Å². The van der Waals surface area contributed by atoms with E-state index < -0.39 is 5.82 Å². The number of nitrogens with one attached hydrogen (secondary N) is 1. The van der Waals surface area contributed by atoms with Gasteiger partial charge in [0, 0.05) is 23.7 Å². The molecule has 5 heteroatoms. The minimum Gasteiger partial charge on any atom is -0.396 e. The number of halogens is 1. The minimum absolute atomic E-state index is 0.00237. The van der Waals surface area contributed by atoms with E-state index in [1.165, 1.54) is 19.1 Å². The molecule has 0 aliphatic rings. The molecule has 2 rings (SSSR count). The van der Waals surface area contributed by atoms with E-state index in [0.29, 0.717) is 11.3 Å². The van der Waals surface area contributed by atoms with Crippen LogP contribution >= 0.6 is 0 Å². The number of benzene rings is 2. The van der Waals surface area contributed by atoms with E-state index in [1.54, 1.807) is 24.3 Å². The molecular formula is C15H13FN2O2. The maximum atomic E-state index is 13.3. The number of carbonyl (C=O) groups excluding carboxylic acids is 2. The second-order valence-corrected chi connectivity index (χ2v) is 4.32. The number of nitrogens with two attached hydrogens (primary N) is 1. The molecule has 0 saturated heterocycles. The number of nitrogen functional groups attached to an aromatic ring is 1. The first kappa shape index (κ1) is 13.7. The van der Waals surface area contributed by atoms with Gasteiger partial charge in [0.15, 0.2) is 5.78 Å². The highest BCUT2D eigenvalue weighted by Crippen LogP contribution is 2.17. The number of ketones is 1. The SMILES string of the molecule is CC(=O)Nc1ccc(C(=O)c2ccc(N)c(F)c2)cc1. The number of carbonyl (C=O) groups is 2. The Morgan fingerprint density at radius 2 is 1.65 bits per heavy atom. The van der Waals surface area contributed by atoms with Crippen LogP contribution in [-0.2, 0) is 4.79 Å². The molecule has 0 heterocycles. The molecule has 0 atom stereocenters. The molecule has 20 heavy (non-hydrogen) atoms. The molecule has 102 valence electrons. The Kier molecular flexibility index (Phi) is 3.79. The molecule has 0 saturated carbocycles.